The third kappa shape index (κ3) is 4.94. The molecular formula is C25H29NO3. The van der Waals surface area contributed by atoms with Gasteiger partial charge < -0.3 is 10.0 Å². The normalized spacial score (nSPS) is 17.1. The Kier molecular flexibility index (Phi) is 6.53. The van der Waals surface area contributed by atoms with E-state index in [0.29, 0.717) is 18.0 Å². The highest BCUT2D eigenvalue weighted by Gasteiger charge is 2.24. The molecule has 1 unspecified atom stereocenters. The summed E-state index contributed by atoms with van der Waals surface area (Å²) in [6, 6.07) is 13.7. The Hall–Kier alpha value is -2.88. The van der Waals surface area contributed by atoms with Crippen LogP contribution in [0.5, 0.6) is 0 Å². The van der Waals surface area contributed by atoms with Gasteiger partial charge >= 0.3 is 5.97 Å². The summed E-state index contributed by atoms with van der Waals surface area (Å²) in [5.74, 6) is -0.221. The molecule has 0 aliphatic carbocycles. The van der Waals surface area contributed by atoms with E-state index in [1.54, 1.807) is 12.1 Å². The molecule has 4 heteroatoms. The lowest BCUT2D eigenvalue weighted by molar-refractivity contribution is -0.127. The summed E-state index contributed by atoms with van der Waals surface area (Å²) in [4.78, 5) is 26.0. The molecule has 1 aliphatic rings. The fraction of sp³-hybridized carbons (Fsp3) is 0.360. The Bertz CT molecular complexity index is 929. The Morgan fingerprint density at radius 2 is 1.93 bits per heavy atom. The maximum atomic E-state index is 12.8. The lowest BCUT2D eigenvalue weighted by Gasteiger charge is -2.32. The number of carbonyl (C=O) groups is 2. The number of amides is 1. The number of carbonyl (C=O) groups excluding carboxylic acids is 1. The van der Waals surface area contributed by atoms with E-state index in [-0.39, 0.29) is 11.8 Å². The van der Waals surface area contributed by atoms with E-state index in [1.807, 2.05) is 48.2 Å². The third-order valence-electron chi connectivity index (χ3n) is 5.71. The highest BCUT2D eigenvalue weighted by Crippen LogP contribution is 2.29. The number of hydrogen-bond donors (Lipinski definition) is 1. The summed E-state index contributed by atoms with van der Waals surface area (Å²) in [5.41, 5.74) is 4.54. The molecule has 0 bridgehead atoms. The van der Waals surface area contributed by atoms with Crippen molar-refractivity contribution in [3.8, 4) is 0 Å². The molecule has 0 spiro atoms. The Balaban J connectivity index is 1.72. The zero-order valence-corrected chi connectivity index (χ0v) is 17.4. The SMILES string of the molecule is Cc1cc(C2CCCN(C(=O)C=Cc3ccccc3C(C)C)C2)ccc1C(=O)O. The van der Waals surface area contributed by atoms with Crippen molar-refractivity contribution in [1.82, 2.24) is 4.90 Å². The number of rotatable bonds is 5. The number of carboxylic acid groups (broad SMARTS) is 1. The number of aromatic carboxylic acids is 1. The molecule has 1 saturated heterocycles. The molecule has 1 N–H and O–H groups in total. The smallest absolute Gasteiger partial charge is 0.335 e. The van der Waals surface area contributed by atoms with Crippen LogP contribution >= 0.6 is 0 Å². The second-order valence-electron chi connectivity index (χ2n) is 8.12. The van der Waals surface area contributed by atoms with E-state index < -0.39 is 5.97 Å². The highest BCUT2D eigenvalue weighted by molar-refractivity contribution is 5.92. The molecule has 0 saturated carbocycles. The van der Waals surface area contributed by atoms with Crippen LogP contribution in [0.3, 0.4) is 0 Å². The van der Waals surface area contributed by atoms with Gasteiger partial charge in [0.1, 0.15) is 0 Å². The summed E-state index contributed by atoms with van der Waals surface area (Å²) in [6.07, 6.45) is 5.57. The summed E-state index contributed by atoms with van der Waals surface area (Å²) in [7, 11) is 0. The Morgan fingerprint density at radius 1 is 1.17 bits per heavy atom. The van der Waals surface area contributed by atoms with Crippen LogP contribution in [-0.2, 0) is 4.79 Å². The van der Waals surface area contributed by atoms with Crippen LogP contribution in [0.2, 0.25) is 0 Å². The second-order valence-corrected chi connectivity index (χ2v) is 8.12. The van der Waals surface area contributed by atoms with Gasteiger partial charge in [-0.25, -0.2) is 4.79 Å². The number of carboxylic acids is 1. The molecule has 4 nitrogen and oxygen atoms in total. The first-order chi connectivity index (χ1) is 13.9. The average molecular weight is 392 g/mol. The maximum absolute atomic E-state index is 12.8. The minimum absolute atomic E-state index is 0.0344. The molecule has 1 aliphatic heterocycles. The predicted octanol–water partition coefficient (Wildman–Crippen LogP) is 5.24. The van der Waals surface area contributed by atoms with Gasteiger partial charge in [-0.15, -0.1) is 0 Å². The highest BCUT2D eigenvalue weighted by atomic mass is 16.4. The van der Waals surface area contributed by atoms with Crippen molar-refractivity contribution in [2.45, 2.75) is 45.4 Å². The van der Waals surface area contributed by atoms with Crippen molar-refractivity contribution in [2.24, 2.45) is 0 Å². The van der Waals surface area contributed by atoms with Gasteiger partial charge in [0.15, 0.2) is 0 Å². The van der Waals surface area contributed by atoms with Crippen LogP contribution in [0.4, 0.5) is 0 Å². The predicted molar refractivity (Wildman–Crippen MR) is 116 cm³/mol. The van der Waals surface area contributed by atoms with Crippen LogP contribution in [-0.4, -0.2) is 35.0 Å². The summed E-state index contributed by atoms with van der Waals surface area (Å²) >= 11 is 0. The lowest BCUT2D eigenvalue weighted by atomic mass is 9.88. The van der Waals surface area contributed by atoms with Crippen molar-refractivity contribution < 1.29 is 14.7 Å². The fourth-order valence-electron chi connectivity index (χ4n) is 4.09. The number of benzene rings is 2. The molecule has 3 rings (SSSR count). The standard InChI is InChI=1S/C25H29NO3/c1-17(2)22-9-5-4-7-19(22)11-13-24(27)26-14-6-8-21(16-26)20-10-12-23(25(28)29)18(3)15-20/h4-5,7,9-13,15,17,21H,6,8,14,16H2,1-3H3,(H,28,29). The molecule has 1 heterocycles. The Morgan fingerprint density at radius 3 is 2.62 bits per heavy atom. The van der Waals surface area contributed by atoms with E-state index in [0.717, 1.165) is 36.1 Å². The molecule has 0 aromatic heterocycles. The molecular weight excluding hydrogens is 362 g/mol. The van der Waals surface area contributed by atoms with Crippen LogP contribution < -0.4 is 0 Å². The molecule has 2 aromatic rings. The van der Waals surface area contributed by atoms with E-state index in [9.17, 15) is 14.7 Å². The van der Waals surface area contributed by atoms with Gasteiger partial charge in [-0.05, 0) is 60.1 Å². The first-order valence-electron chi connectivity index (χ1n) is 10.3. The third-order valence-corrected chi connectivity index (χ3v) is 5.71. The summed E-state index contributed by atoms with van der Waals surface area (Å²) in [5, 5.41) is 9.23. The van der Waals surface area contributed by atoms with E-state index in [2.05, 4.69) is 19.9 Å². The first kappa shape index (κ1) is 20.8. The van der Waals surface area contributed by atoms with E-state index in [4.69, 9.17) is 0 Å². The second kappa shape index (κ2) is 9.08. The molecule has 1 amide bonds. The van der Waals surface area contributed by atoms with Crippen molar-refractivity contribution in [3.63, 3.8) is 0 Å². The number of piperidine rings is 1. The molecule has 29 heavy (non-hydrogen) atoms. The van der Waals surface area contributed by atoms with Gasteiger partial charge in [0, 0.05) is 25.1 Å². The van der Waals surface area contributed by atoms with Crippen LogP contribution in [0.15, 0.2) is 48.5 Å². The summed E-state index contributed by atoms with van der Waals surface area (Å²) < 4.78 is 0. The van der Waals surface area contributed by atoms with E-state index in [1.165, 1.54) is 5.56 Å². The Labute approximate surface area is 172 Å². The van der Waals surface area contributed by atoms with Gasteiger partial charge in [-0.1, -0.05) is 50.2 Å². The zero-order valence-electron chi connectivity index (χ0n) is 17.4. The molecule has 2 aromatic carbocycles. The number of aryl methyl sites for hydroxylation is 1. The van der Waals surface area contributed by atoms with E-state index >= 15 is 0 Å². The molecule has 1 fully saturated rings. The van der Waals surface area contributed by atoms with Gasteiger partial charge in [0.05, 0.1) is 5.56 Å². The first-order valence-corrected chi connectivity index (χ1v) is 10.3. The fourth-order valence-corrected chi connectivity index (χ4v) is 4.09. The lowest BCUT2D eigenvalue weighted by Crippen LogP contribution is -2.38. The van der Waals surface area contributed by atoms with Crippen LogP contribution in [0, 0.1) is 6.92 Å². The van der Waals surface area contributed by atoms with Crippen molar-refractivity contribution in [3.05, 3.63) is 76.4 Å². The monoisotopic (exact) mass is 391 g/mol. The maximum Gasteiger partial charge on any atom is 0.335 e. The topological polar surface area (TPSA) is 57.6 Å². The zero-order chi connectivity index (χ0) is 21.0. The van der Waals surface area contributed by atoms with Crippen molar-refractivity contribution in [1.29, 1.82) is 0 Å². The van der Waals surface area contributed by atoms with Gasteiger partial charge in [-0.3, -0.25) is 4.79 Å². The molecule has 1 atom stereocenters. The van der Waals surface area contributed by atoms with Gasteiger partial charge in [0.25, 0.3) is 0 Å². The summed E-state index contributed by atoms with van der Waals surface area (Å²) in [6.45, 7) is 7.56. The number of hydrogen-bond acceptors (Lipinski definition) is 2. The van der Waals surface area contributed by atoms with Crippen molar-refractivity contribution >= 4 is 18.0 Å². The molecule has 152 valence electrons. The molecule has 0 radical (unpaired) electrons. The van der Waals surface area contributed by atoms with Crippen LogP contribution in [0.1, 0.15) is 71.1 Å². The minimum Gasteiger partial charge on any atom is -0.478 e. The van der Waals surface area contributed by atoms with Gasteiger partial charge in [-0.2, -0.15) is 0 Å². The van der Waals surface area contributed by atoms with Gasteiger partial charge in [0.2, 0.25) is 5.91 Å². The quantitative estimate of drug-likeness (QED) is 0.710. The van der Waals surface area contributed by atoms with Crippen LogP contribution in [0.25, 0.3) is 6.08 Å². The largest absolute Gasteiger partial charge is 0.478 e. The van der Waals surface area contributed by atoms with Crippen molar-refractivity contribution in [2.75, 3.05) is 13.1 Å². The minimum atomic E-state index is -0.902. The number of likely N-dealkylation sites (tertiary alicyclic amines) is 1. The number of nitrogens with zero attached hydrogens (tertiary/aromatic N) is 1. The average Bonchev–Trinajstić information content (AvgIpc) is 2.71.